The first-order valence-corrected chi connectivity index (χ1v) is 8.95. The second-order valence-corrected chi connectivity index (χ2v) is 7.14. The molecule has 0 heterocycles. The zero-order valence-electron chi connectivity index (χ0n) is 14.6. The Bertz CT molecular complexity index is 811. The Labute approximate surface area is 162 Å². The van der Waals surface area contributed by atoms with Crippen molar-refractivity contribution in [2.45, 2.75) is 18.9 Å². The molecule has 0 bridgehead atoms. The van der Waals surface area contributed by atoms with E-state index in [4.69, 9.17) is 10.5 Å². The van der Waals surface area contributed by atoms with E-state index in [0.29, 0.717) is 24.3 Å². The van der Waals surface area contributed by atoms with Crippen LogP contribution in [0.1, 0.15) is 29.3 Å². The molecule has 0 saturated heterocycles. The number of benzene rings is 2. The van der Waals surface area contributed by atoms with E-state index < -0.39 is 5.54 Å². The number of aromatic hydroxyl groups is 1. The molecule has 136 valence electrons. The highest BCUT2D eigenvalue weighted by Gasteiger charge is 2.14. The third-order valence-electron chi connectivity index (χ3n) is 3.75. The lowest BCUT2D eigenvalue weighted by atomic mass is 9.99. The van der Waals surface area contributed by atoms with Gasteiger partial charge in [-0.05, 0) is 55.8 Å². The van der Waals surface area contributed by atoms with E-state index in [1.165, 1.54) is 6.07 Å². The Hall–Kier alpha value is -2.37. The standard InChI is InChI=1S/C21H22BrNO3/c1-3-11-21(2,23)12-4-13-26-17-9-10-18(19(24)14-17)20(25)15-5-7-16(22)8-6-15/h3-10,12,14,24H,1,11,13,23H2,2H3/b12-4+. The van der Waals surface area contributed by atoms with Crippen LogP contribution in [0.4, 0.5) is 0 Å². The van der Waals surface area contributed by atoms with Gasteiger partial charge in [-0.3, -0.25) is 4.79 Å². The fourth-order valence-corrected chi connectivity index (χ4v) is 2.66. The normalized spacial score (nSPS) is 13.3. The number of hydrogen-bond donors (Lipinski definition) is 2. The number of ketones is 1. The van der Waals surface area contributed by atoms with Gasteiger partial charge in [0.05, 0.1) is 5.56 Å². The summed E-state index contributed by atoms with van der Waals surface area (Å²) in [4.78, 5) is 12.5. The van der Waals surface area contributed by atoms with Crippen molar-refractivity contribution in [3.05, 3.63) is 82.9 Å². The van der Waals surface area contributed by atoms with Crippen LogP contribution in [0.25, 0.3) is 0 Å². The maximum absolute atomic E-state index is 12.5. The molecule has 0 spiro atoms. The van der Waals surface area contributed by atoms with Gasteiger partial charge in [0, 0.05) is 21.6 Å². The number of ether oxygens (including phenoxy) is 1. The molecule has 0 radical (unpaired) electrons. The smallest absolute Gasteiger partial charge is 0.196 e. The summed E-state index contributed by atoms with van der Waals surface area (Å²) in [7, 11) is 0. The number of phenolic OH excluding ortho intramolecular Hbond substituents is 1. The maximum atomic E-state index is 12.5. The molecule has 0 aliphatic carbocycles. The Morgan fingerprint density at radius 3 is 2.62 bits per heavy atom. The van der Waals surface area contributed by atoms with E-state index in [1.54, 1.807) is 42.5 Å². The molecule has 0 amide bonds. The van der Waals surface area contributed by atoms with Crippen LogP contribution in [0.3, 0.4) is 0 Å². The number of phenols is 1. The first kappa shape index (κ1) is 19.9. The average Bonchev–Trinajstić information content (AvgIpc) is 2.59. The molecule has 2 aromatic carbocycles. The van der Waals surface area contributed by atoms with Gasteiger partial charge < -0.3 is 15.6 Å². The minimum Gasteiger partial charge on any atom is -0.507 e. The van der Waals surface area contributed by atoms with Crippen LogP contribution < -0.4 is 10.5 Å². The summed E-state index contributed by atoms with van der Waals surface area (Å²) < 4.78 is 6.46. The van der Waals surface area contributed by atoms with E-state index >= 15 is 0 Å². The van der Waals surface area contributed by atoms with Crippen molar-refractivity contribution in [2.75, 3.05) is 6.61 Å². The fourth-order valence-electron chi connectivity index (χ4n) is 2.39. The number of carbonyl (C=O) groups is 1. The molecule has 0 aliphatic rings. The van der Waals surface area contributed by atoms with Crippen molar-refractivity contribution in [1.29, 1.82) is 0 Å². The van der Waals surface area contributed by atoms with Crippen LogP contribution >= 0.6 is 15.9 Å². The molecular formula is C21H22BrNO3. The molecule has 2 rings (SSSR count). The van der Waals surface area contributed by atoms with Gasteiger partial charge in [0.1, 0.15) is 18.1 Å². The molecule has 5 heteroatoms. The third kappa shape index (κ3) is 5.58. The van der Waals surface area contributed by atoms with Crippen LogP contribution in [0, 0.1) is 0 Å². The predicted molar refractivity (Wildman–Crippen MR) is 108 cm³/mol. The Kier molecular flexibility index (Phi) is 6.77. The molecular weight excluding hydrogens is 394 g/mol. The fraction of sp³-hybridized carbons (Fsp3) is 0.190. The van der Waals surface area contributed by atoms with Crippen molar-refractivity contribution < 1.29 is 14.6 Å². The molecule has 3 N–H and O–H groups in total. The van der Waals surface area contributed by atoms with Gasteiger partial charge in [0.25, 0.3) is 0 Å². The largest absolute Gasteiger partial charge is 0.507 e. The van der Waals surface area contributed by atoms with E-state index in [2.05, 4.69) is 22.5 Å². The third-order valence-corrected chi connectivity index (χ3v) is 4.28. The second kappa shape index (κ2) is 8.83. The highest BCUT2D eigenvalue weighted by Crippen LogP contribution is 2.26. The minimum atomic E-state index is -0.464. The van der Waals surface area contributed by atoms with E-state index in [0.717, 1.165) is 4.47 Å². The van der Waals surface area contributed by atoms with Crippen LogP contribution in [0.5, 0.6) is 11.5 Å². The van der Waals surface area contributed by atoms with Crippen molar-refractivity contribution in [1.82, 2.24) is 0 Å². The van der Waals surface area contributed by atoms with Crippen LogP contribution in [0.15, 0.2) is 71.7 Å². The van der Waals surface area contributed by atoms with Crippen LogP contribution in [-0.2, 0) is 0 Å². The molecule has 1 atom stereocenters. The Morgan fingerprint density at radius 1 is 1.31 bits per heavy atom. The summed E-state index contributed by atoms with van der Waals surface area (Å²) in [6.45, 7) is 5.89. The topological polar surface area (TPSA) is 72.5 Å². The van der Waals surface area contributed by atoms with E-state index in [-0.39, 0.29) is 17.1 Å². The second-order valence-electron chi connectivity index (χ2n) is 6.23. The van der Waals surface area contributed by atoms with Crippen LogP contribution in [-0.4, -0.2) is 23.0 Å². The van der Waals surface area contributed by atoms with Crippen molar-refractivity contribution in [2.24, 2.45) is 5.73 Å². The van der Waals surface area contributed by atoms with Gasteiger partial charge in [0.2, 0.25) is 0 Å². The van der Waals surface area contributed by atoms with Crippen molar-refractivity contribution >= 4 is 21.7 Å². The first-order chi connectivity index (χ1) is 12.3. The maximum Gasteiger partial charge on any atom is 0.196 e. The zero-order valence-corrected chi connectivity index (χ0v) is 16.2. The lowest BCUT2D eigenvalue weighted by Crippen LogP contribution is -2.32. The number of nitrogens with two attached hydrogens (primary N) is 1. The highest BCUT2D eigenvalue weighted by atomic mass is 79.9. The Morgan fingerprint density at radius 2 is 2.00 bits per heavy atom. The zero-order chi connectivity index (χ0) is 19.2. The highest BCUT2D eigenvalue weighted by molar-refractivity contribution is 9.10. The van der Waals surface area contributed by atoms with E-state index in [1.807, 2.05) is 19.1 Å². The molecule has 1 unspecified atom stereocenters. The number of halogens is 1. The Balaban J connectivity index is 2.03. The molecule has 4 nitrogen and oxygen atoms in total. The molecule has 2 aromatic rings. The number of rotatable bonds is 8. The summed E-state index contributed by atoms with van der Waals surface area (Å²) in [6.07, 6.45) is 6.11. The van der Waals surface area contributed by atoms with E-state index in [9.17, 15) is 9.90 Å². The first-order valence-electron chi connectivity index (χ1n) is 8.16. The molecule has 0 fully saturated rings. The van der Waals surface area contributed by atoms with Gasteiger partial charge in [-0.25, -0.2) is 0 Å². The number of carbonyl (C=O) groups excluding carboxylic acids is 1. The minimum absolute atomic E-state index is 0.116. The van der Waals surface area contributed by atoms with Gasteiger partial charge in [-0.1, -0.05) is 28.1 Å². The lowest BCUT2D eigenvalue weighted by molar-refractivity contribution is 0.103. The molecule has 26 heavy (non-hydrogen) atoms. The molecule has 0 saturated carbocycles. The monoisotopic (exact) mass is 415 g/mol. The van der Waals surface area contributed by atoms with Gasteiger partial charge >= 0.3 is 0 Å². The number of hydrogen-bond acceptors (Lipinski definition) is 4. The van der Waals surface area contributed by atoms with Crippen LogP contribution in [0.2, 0.25) is 0 Å². The SMILES string of the molecule is C=CCC(C)(N)/C=C/COc1ccc(C(=O)c2ccc(Br)cc2)c(O)c1. The molecule has 0 aliphatic heterocycles. The quantitative estimate of drug-likeness (QED) is 0.487. The average molecular weight is 416 g/mol. The predicted octanol–water partition coefficient (Wildman–Crippen LogP) is 4.61. The summed E-state index contributed by atoms with van der Waals surface area (Å²) in [5.41, 5.74) is 6.33. The van der Waals surface area contributed by atoms with Gasteiger partial charge in [-0.15, -0.1) is 6.58 Å². The summed E-state index contributed by atoms with van der Waals surface area (Å²) in [5.74, 6) is 0.112. The van der Waals surface area contributed by atoms with Gasteiger partial charge in [0.15, 0.2) is 5.78 Å². The summed E-state index contributed by atoms with van der Waals surface area (Å²) in [5, 5.41) is 10.2. The van der Waals surface area contributed by atoms with Gasteiger partial charge in [-0.2, -0.15) is 0 Å². The lowest BCUT2D eigenvalue weighted by Gasteiger charge is -2.17. The summed E-state index contributed by atoms with van der Waals surface area (Å²) in [6, 6.07) is 11.6. The molecule has 0 aromatic heterocycles. The van der Waals surface area contributed by atoms with Crippen molar-refractivity contribution in [3.63, 3.8) is 0 Å². The van der Waals surface area contributed by atoms with Crippen molar-refractivity contribution in [3.8, 4) is 11.5 Å². The summed E-state index contributed by atoms with van der Waals surface area (Å²) >= 11 is 3.33.